The minimum Gasteiger partial charge on any atom is -0.478 e. The predicted molar refractivity (Wildman–Crippen MR) is 81.2 cm³/mol. The maximum absolute atomic E-state index is 11.0. The molecule has 0 amide bonds. The van der Waals surface area contributed by atoms with Crippen molar-refractivity contribution in [1.82, 2.24) is 15.0 Å². The SMILES string of the molecule is Cc1ccc2nc(Sc3cc(C(=O)O)cc(Cl)n3)[nH]c2c1. The van der Waals surface area contributed by atoms with Crippen LogP contribution in [0.2, 0.25) is 5.15 Å². The van der Waals surface area contributed by atoms with E-state index in [1.165, 1.54) is 23.9 Å². The van der Waals surface area contributed by atoms with Crippen LogP contribution in [0, 0.1) is 6.92 Å². The Bertz CT molecular complexity index is 847. The molecule has 2 heterocycles. The van der Waals surface area contributed by atoms with Crippen LogP contribution in [0.1, 0.15) is 15.9 Å². The lowest BCUT2D eigenvalue weighted by Crippen LogP contribution is -1.97. The third-order valence-electron chi connectivity index (χ3n) is 2.83. The first-order chi connectivity index (χ1) is 10.0. The number of nitrogens with zero attached hydrogens (tertiary/aromatic N) is 2. The Kier molecular flexibility index (Phi) is 3.57. The lowest BCUT2D eigenvalue weighted by Gasteiger charge is -2.00. The molecule has 3 aromatic rings. The summed E-state index contributed by atoms with van der Waals surface area (Å²) < 4.78 is 0. The van der Waals surface area contributed by atoms with Crippen molar-refractivity contribution in [2.45, 2.75) is 17.1 Å². The van der Waals surface area contributed by atoms with Gasteiger partial charge in [0.25, 0.3) is 0 Å². The number of fused-ring (bicyclic) bond motifs is 1. The van der Waals surface area contributed by atoms with Gasteiger partial charge in [-0.15, -0.1) is 0 Å². The number of pyridine rings is 1. The summed E-state index contributed by atoms with van der Waals surface area (Å²) in [6, 6.07) is 8.70. The molecular formula is C14H10ClN3O2S. The summed E-state index contributed by atoms with van der Waals surface area (Å²) in [6.07, 6.45) is 0. The van der Waals surface area contributed by atoms with Gasteiger partial charge in [0, 0.05) is 0 Å². The van der Waals surface area contributed by atoms with Crippen LogP contribution in [0.15, 0.2) is 40.5 Å². The summed E-state index contributed by atoms with van der Waals surface area (Å²) >= 11 is 7.08. The lowest BCUT2D eigenvalue weighted by atomic mass is 10.2. The number of H-pyrrole nitrogens is 1. The van der Waals surface area contributed by atoms with Crippen molar-refractivity contribution >= 4 is 40.4 Å². The average Bonchev–Trinajstić information content (AvgIpc) is 2.79. The fourth-order valence-corrected chi connectivity index (χ4v) is 2.99. The number of aromatic carboxylic acids is 1. The zero-order chi connectivity index (χ0) is 15.0. The van der Waals surface area contributed by atoms with Gasteiger partial charge in [0.2, 0.25) is 0 Å². The van der Waals surface area contributed by atoms with Gasteiger partial charge in [0.1, 0.15) is 10.2 Å². The molecule has 3 rings (SSSR count). The van der Waals surface area contributed by atoms with E-state index in [9.17, 15) is 4.79 Å². The van der Waals surface area contributed by atoms with Gasteiger partial charge >= 0.3 is 5.97 Å². The van der Waals surface area contributed by atoms with E-state index in [1.54, 1.807) is 0 Å². The number of carboxylic acid groups (broad SMARTS) is 1. The first kappa shape index (κ1) is 13.9. The van der Waals surface area contributed by atoms with E-state index in [0.717, 1.165) is 16.6 Å². The summed E-state index contributed by atoms with van der Waals surface area (Å²) in [6.45, 7) is 2.00. The number of carbonyl (C=O) groups is 1. The van der Waals surface area contributed by atoms with Crippen molar-refractivity contribution in [1.29, 1.82) is 0 Å². The van der Waals surface area contributed by atoms with Crippen LogP contribution >= 0.6 is 23.4 Å². The van der Waals surface area contributed by atoms with Crippen molar-refractivity contribution in [2.75, 3.05) is 0 Å². The third kappa shape index (κ3) is 3.01. The Labute approximate surface area is 129 Å². The molecule has 5 nitrogen and oxygen atoms in total. The number of nitrogens with one attached hydrogen (secondary N) is 1. The van der Waals surface area contributed by atoms with Gasteiger partial charge in [0.05, 0.1) is 16.6 Å². The largest absolute Gasteiger partial charge is 0.478 e. The van der Waals surface area contributed by atoms with Crippen LogP contribution in [-0.4, -0.2) is 26.0 Å². The third-order valence-corrected chi connectivity index (χ3v) is 3.83. The van der Waals surface area contributed by atoms with E-state index in [-0.39, 0.29) is 10.7 Å². The first-order valence-corrected chi connectivity index (χ1v) is 7.26. The Hall–Kier alpha value is -2.05. The normalized spacial score (nSPS) is 11.0. The van der Waals surface area contributed by atoms with Gasteiger partial charge in [0.15, 0.2) is 5.16 Å². The van der Waals surface area contributed by atoms with Crippen LogP contribution in [0.3, 0.4) is 0 Å². The molecule has 0 aliphatic carbocycles. The van der Waals surface area contributed by atoms with Crippen LogP contribution < -0.4 is 0 Å². The Morgan fingerprint density at radius 3 is 2.86 bits per heavy atom. The fraction of sp³-hybridized carbons (Fsp3) is 0.0714. The topological polar surface area (TPSA) is 78.9 Å². The molecule has 0 atom stereocenters. The molecule has 0 bridgehead atoms. The maximum atomic E-state index is 11.0. The number of hydrogen-bond acceptors (Lipinski definition) is 4. The van der Waals surface area contributed by atoms with Crippen molar-refractivity contribution in [2.24, 2.45) is 0 Å². The molecular weight excluding hydrogens is 310 g/mol. The predicted octanol–water partition coefficient (Wildman–Crippen LogP) is 3.77. The number of halogens is 1. The monoisotopic (exact) mass is 319 g/mol. The summed E-state index contributed by atoms with van der Waals surface area (Å²) in [5.74, 6) is -1.04. The highest BCUT2D eigenvalue weighted by Crippen LogP contribution is 2.28. The van der Waals surface area contributed by atoms with E-state index in [1.807, 2.05) is 25.1 Å². The summed E-state index contributed by atoms with van der Waals surface area (Å²) in [5.41, 5.74) is 3.02. The summed E-state index contributed by atoms with van der Waals surface area (Å²) in [7, 11) is 0. The molecule has 0 spiro atoms. The number of aromatic nitrogens is 3. The zero-order valence-electron chi connectivity index (χ0n) is 10.9. The van der Waals surface area contributed by atoms with E-state index in [4.69, 9.17) is 16.7 Å². The number of aromatic amines is 1. The molecule has 0 aliphatic heterocycles. The summed E-state index contributed by atoms with van der Waals surface area (Å²) in [4.78, 5) is 22.7. The highest BCUT2D eigenvalue weighted by Gasteiger charge is 2.11. The smallest absolute Gasteiger partial charge is 0.335 e. The van der Waals surface area contributed by atoms with Gasteiger partial charge in [-0.2, -0.15) is 0 Å². The number of carboxylic acids is 1. The lowest BCUT2D eigenvalue weighted by molar-refractivity contribution is 0.0696. The van der Waals surface area contributed by atoms with Crippen molar-refractivity contribution in [3.05, 3.63) is 46.6 Å². The molecule has 1 aromatic carbocycles. The van der Waals surface area contributed by atoms with Crippen molar-refractivity contribution < 1.29 is 9.90 Å². The second kappa shape index (κ2) is 5.38. The second-order valence-corrected chi connectivity index (χ2v) is 5.88. The minimum absolute atomic E-state index is 0.101. The Morgan fingerprint density at radius 1 is 1.29 bits per heavy atom. The molecule has 0 fully saturated rings. The van der Waals surface area contributed by atoms with Crippen LogP contribution in [-0.2, 0) is 0 Å². The Balaban J connectivity index is 1.96. The molecule has 0 radical (unpaired) electrons. The van der Waals surface area contributed by atoms with Gasteiger partial charge in [-0.1, -0.05) is 17.7 Å². The molecule has 21 heavy (non-hydrogen) atoms. The van der Waals surface area contributed by atoms with Crippen LogP contribution in [0.25, 0.3) is 11.0 Å². The molecule has 2 aromatic heterocycles. The molecule has 2 N–H and O–H groups in total. The van der Waals surface area contributed by atoms with Gasteiger partial charge in [-0.3, -0.25) is 0 Å². The zero-order valence-corrected chi connectivity index (χ0v) is 12.5. The van der Waals surface area contributed by atoms with E-state index >= 15 is 0 Å². The van der Waals surface area contributed by atoms with Crippen molar-refractivity contribution in [3.8, 4) is 0 Å². The number of hydrogen-bond donors (Lipinski definition) is 2. The number of rotatable bonds is 3. The van der Waals surface area contributed by atoms with Gasteiger partial charge in [-0.25, -0.2) is 14.8 Å². The molecule has 0 saturated carbocycles. The van der Waals surface area contributed by atoms with Crippen LogP contribution in [0.5, 0.6) is 0 Å². The molecule has 0 aliphatic rings. The Morgan fingerprint density at radius 2 is 2.10 bits per heavy atom. The number of benzene rings is 1. The quantitative estimate of drug-likeness (QED) is 0.718. The van der Waals surface area contributed by atoms with E-state index in [2.05, 4.69) is 15.0 Å². The summed E-state index contributed by atoms with van der Waals surface area (Å²) in [5, 5.41) is 10.3. The standard InChI is InChI=1S/C14H10ClN3O2S/c1-7-2-3-9-10(4-7)17-14(16-9)21-12-6-8(13(19)20)5-11(15)18-12/h2-6H,1H3,(H,16,17)(H,19,20). The average molecular weight is 320 g/mol. The fourth-order valence-electron chi connectivity index (χ4n) is 1.90. The highest BCUT2D eigenvalue weighted by atomic mass is 35.5. The maximum Gasteiger partial charge on any atom is 0.335 e. The first-order valence-electron chi connectivity index (χ1n) is 6.06. The minimum atomic E-state index is -1.04. The van der Waals surface area contributed by atoms with E-state index < -0.39 is 5.97 Å². The number of aryl methyl sites for hydroxylation is 1. The van der Waals surface area contributed by atoms with Crippen LogP contribution in [0.4, 0.5) is 0 Å². The van der Waals surface area contributed by atoms with E-state index in [0.29, 0.717) is 10.2 Å². The second-order valence-electron chi connectivity index (χ2n) is 4.49. The molecule has 106 valence electrons. The molecule has 7 heteroatoms. The van der Waals surface area contributed by atoms with Gasteiger partial charge in [-0.05, 0) is 48.5 Å². The molecule has 0 unspecified atom stereocenters. The highest BCUT2D eigenvalue weighted by molar-refractivity contribution is 7.99. The van der Waals surface area contributed by atoms with Crippen molar-refractivity contribution in [3.63, 3.8) is 0 Å². The molecule has 0 saturated heterocycles. The number of imidazole rings is 1. The van der Waals surface area contributed by atoms with Gasteiger partial charge < -0.3 is 10.1 Å².